The lowest BCUT2D eigenvalue weighted by molar-refractivity contribution is -0.150. The van der Waals surface area contributed by atoms with Gasteiger partial charge >= 0.3 is 11.9 Å². The molecule has 0 aromatic rings. The minimum Gasteiger partial charge on any atom is -0.466 e. The first-order chi connectivity index (χ1) is 10.5. The van der Waals surface area contributed by atoms with Gasteiger partial charge in [0.25, 0.3) is 0 Å². The monoisotopic (exact) mass is 312 g/mol. The van der Waals surface area contributed by atoms with Gasteiger partial charge in [-0.3, -0.25) is 9.59 Å². The van der Waals surface area contributed by atoms with Gasteiger partial charge in [-0.15, -0.1) is 0 Å². The van der Waals surface area contributed by atoms with Gasteiger partial charge in [-0.05, 0) is 31.6 Å². The van der Waals surface area contributed by atoms with Crippen molar-refractivity contribution in [2.45, 2.75) is 84.7 Å². The molecule has 0 bridgehead atoms. The Hall–Kier alpha value is -1.06. The first kappa shape index (κ1) is 19.0. The van der Waals surface area contributed by atoms with E-state index in [4.69, 9.17) is 9.47 Å². The molecule has 1 rings (SSSR count). The molecule has 1 unspecified atom stereocenters. The summed E-state index contributed by atoms with van der Waals surface area (Å²) in [5.41, 5.74) is 0. The van der Waals surface area contributed by atoms with Crippen LogP contribution in [0.3, 0.4) is 0 Å². The summed E-state index contributed by atoms with van der Waals surface area (Å²) in [6.07, 6.45) is 8.53. The summed E-state index contributed by atoms with van der Waals surface area (Å²) in [5.74, 6) is 0.625. The average Bonchev–Trinajstić information content (AvgIpc) is 2.48. The van der Waals surface area contributed by atoms with E-state index >= 15 is 0 Å². The second-order valence-corrected chi connectivity index (χ2v) is 6.81. The number of carbonyl (C=O) groups excluding carboxylic acids is 2. The van der Waals surface area contributed by atoms with E-state index in [9.17, 15) is 9.59 Å². The summed E-state index contributed by atoms with van der Waals surface area (Å²) < 4.78 is 10.5. The Bertz CT molecular complexity index is 332. The normalized spacial score (nSPS) is 17.3. The van der Waals surface area contributed by atoms with Crippen LogP contribution in [-0.4, -0.2) is 24.6 Å². The molecule has 22 heavy (non-hydrogen) atoms. The molecule has 128 valence electrons. The van der Waals surface area contributed by atoms with Crippen molar-refractivity contribution in [1.82, 2.24) is 0 Å². The van der Waals surface area contributed by atoms with E-state index in [1.54, 1.807) is 0 Å². The van der Waals surface area contributed by atoms with Gasteiger partial charge in [0.05, 0.1) is 6.61 Å². The molecule has 4 heteroatoms. The Labute approximate surface area is 134 Å². The zero-order valence-corrected chi connectivity index (χ0v) is 14.4. The number of hydrogen-bond donors (Lipinski definition) is 0. The van der Waals surface area contributed by atoms with E-state index in [-0.39, 0.29) is 24.5 Å². The predicted octanol–water partition coefficient (Wildman–Crippen LogP) is 4.26. The summed E-state index contributed by atoms with van der Waals surface area (Å²) in [6, 6.07) is 0. The lowest BCUT2D eigenvalue weighted by Crippen LogP contribution is -2.20. The van der Waals surface area contributed by atoms with Crippen LogP contribution in [-0.2, 0) is 19.1 Å². The van der Waals surface area contributed by atoms with Crippen LogP contribution in [0.2, 0.25) is 0 Å². The van der Waals surface area contributed by atoms with E-state index < -0.39 is 0 Å². The van der Waals surface area contributed by atoms with Gasteiger partial charge in [-0.1, -0.05) is 46.0 Å². The fourth-order valence-electron chi connectivity index (χ4n) is 2.67. The highest BCUT2D eigenvalue weighted by atomic mass is 16.5. The molecule has 4 nitrogen and oxygen atoms in total. The first-order valence-corrected chi connectivity index (χ1v) is 8.84. The zero-order valence-electron chi connectivity index (χ0n) is 14.4. The molecule has 1 aliphatic rings. The summed E-state index contributed by atoms with van der Waals surface area (Å²) >= 11 is 0. The second-order valence-electron chi connectivity index (χ2n) is 6.81. The molecule has 1 fully saturated rings. The highest BCUT2D eigenvalue weighted by Crippen LogP contribution is 2.26. The Morgan fingerprint density at radius 3 is 2.27 bits per heavy atom. The molecule has 0 saturated heterocycles. The first-order valence-electron chi connectivity index (χ1n) is 8.84. The lowest BCUT2D eigenvalue weighted by atomic mass is 9.87. The van der Waals surface area contributed by atoms with Crippen molar-refractivity contribution in [2.24, 2.45) is 11.8 Å². The molecule has 1 aliphatic carbocycles. The van der Waals surface area contributed by atoms with Crippen LogP contribution in [0.25, 0.3) is 0 Å². The number of hydrogen-bond acceptors (Lipinski definition) is 4. The molecule has 0 aromatic carbocycles. The zero-order chi connectivity index (χ0) is 16.4. The van der Waals surface area contributed by atoms with Crippen molar-refractivity contribution < 1.29 is 19.1 Å². The van der Waals surface area contributed by atoms with Crippen molar-refractivity contribution in [3.63, 3.8) is 0 Å². The number of ether oxygens (including phenoxy) is 2. The standard InChI is InChI=1S/C18H32O4/c1-14(2)15(3)22-18(20)11-7-10-17(19)21-13-12-16-8-5-4-6-9-16/h14-16H,4-13H2,1-3H3. The third-order valence-corrected chi connectivity index (χ3v) is 4.53. The number of esters is 2. The van der Waals surface area contributed by atoms with Crippen molar-refractivity contribution in [1.29, 1.82) is 0 Å². The molecule has 1 atom stereocenters. The molecule has 1 saturated carbocycles. The average molecular weight is 312 g/mol. The van der Waals surface area contributed by atoms with E-state index in [0.717, 1.165) is 12.3 Å². The molecule has 0 aliphatic heterocycles. The van der Waals surface area contributed by atoms with E-state index in [2.05, 4.69) is 0 Å². The van der Waals surface area contributed by atoms with Gasteiger partial charge in [-0.25, -0.2) is 0 Å². The summed E-state index contributed by atoms with van der Waals surface area (Å²) in [7, 11) is 0. The minimum absolute atomic E-state index is 0.0741. The molecule has 0 aromatic heterocycles. The Kier molecular flexibility index (Phi) is 9.17. The van der Waals surface area contributed by atoms with E-state index in [1.807, 2.05) is 20.8 Å². The second kappa shape index (κ2) is 10.6. The largest absolute Gasteiger partial charge is 0.466 e. The fraction of sp³-hybridized carbons (Fsp3) is 0.889. The van der Waals surface area contributed by atoms with Gasteiger partial charge in [0, 0.05) is 12.8 Å². The van der Waals surface area contributed by atoms with Crippen LogP contribution >= 0.6 is 0 Å². The van der Waals surface area contributed by atoms with Crippen molar-refractivity contribution in [2.75, 3.05) is 6.61 Å². The Morgan fingerprint density at radius 2 is 1.64 bits per heavy atom. The maximum absolute atomic E-state index is 11.6. The molecular formula is C18H32O4. The third-order valence-electron chi connectivity index (χ3n) is 4.53. The molecule has 0 radical (unpaired) electrons. The summed E-state index contributed by atoms with van der Waals surface area (Å²) in [6.45, 7) is 6.45. The highest BCUT2D eigenvalue weighted by Gasteiger charge is 2.15. The van der Waals surface area contributed by atoms with Gasteiger partial charge in [-0.2, -0.15) is 0 Å². The van der Waals surface area contributed by atoms with Gasteiger partial charge < -0.3 is 9.47 Å². The fourth-order valence-corrected chi connectivity index (χ4v) is 2.67. The molecule has 0 amide bonds. The van der Waals surface area contributed by atoms with Crippen LogP contribution in [0.15, 0.2) is 0 Å². The number of carbonyl (C=O) groups is 2. The van der Waals surface area contributed by atoms with Gasteiger partial charge in [0.2, 0.25) is 0 Å². The van der Waals surface area contributed by atoms with Gasteiger partial charge in [0.1, 0.15) is 6.10 Å². The third kappa shape index (κ3) is 8.40. The van der Waals surface area contributed by atoms with Crippen LogP contribution in [0, 0.1) is 11.8 Å². The molecular weight excluding hydrogens is 280 g/mol. The minimum atomic E-state index is -0.226. The topological polar surface area (TPSA) is 52.6 Å². The summed E-state index contributed by atoms with van der Waals surface area (Å²) in [4.78, 5) is 23.2. The number of rotatable bonds is 9. The molecule has 0 N–H and O–H groups in total. The van der Waals surface area contributed by atoms with Crippen molar-refractivity contribution in [3.05, 3.63) is 0 Å². The summed E-state index contributed by atoms with van der Waals surface area (Å²) in [5, 5.41) is 0. The maximum Gasteiger partial charge on any atom is 0.306 e. The quantitative estimate of drug-likeness (QED) is 0.597. The van der Waals surface area contributed by atoms with Crippen LogP contribution in [0.4, 0.5) is 0 Å². The maximum atomic E-state index is 11.6. The van der Waals surface area contributed by atoms with Crippen molar-refractivity contribution >= 4 is 11.9 Å². The smallest absolute Gasteiger partial charge is 0.306 e. The van der Waals surface area contributed by atoms with E-state index in [0.29, 0.717) is 25.4 Å². The lowest BCUT2D eigenvalue weighted by Gasteiger charge is -2.21. The SMILES string of the molecule is CC(C)C(C)OC(=O)CCCC(=O)OCCC1CCCCC1. The van der Waals surface area contributed by atoms with Crippen molar-refractivity contribution in [3.8, 4) is 0 Å². The molecule has 0 spiro atoms. The highest BCUT2D eigenvalue weighted by molar-refractivity contribution is 5.72. The van der Waals surface area contributed by atoms with Crippen LogP contribution < -0.4 is 0 Å². The Balaban J connectivity index is 2.01. The predicted molar refractivity (Wildman–Crippen MR) is 86.4 cm³/mol. The van der Waals surface area contributed by atoms with E-state index in [1.165, 1.54) is 32.1 Å². The van der Waals surface area contributed by atoms with Crippen LogP contribution in [0.5, 0.6) is 0 Å². The Morgan fingerprint density at radius 1 is 1.00 bits per heavy atom. The van der Waals surface area contributed by atoms with Gasteiger partial charge in [0.15, 0.2) is 0 Å². The van der Waals surface area contributed by atoms with Crippen LogP contribution in [0.1, 0.15) is 78.6 Å². The molecule has 0 heterocycles.